The maximum atomic E-state index is 11.9. The number of carbonyl (C=O) groups is 1. The van der Waals surface area contributed by atoms with Crippen molar-refractivity contribution in [1.29, 1.82) is 0 Å². The second kappa shape index (κ2) is 5.58. The zero-order valence-corrected chi connectivity index (χ0v) is 15.8. The molecule has 1 heteroatoms. The van der Waals surface area contributed by atoms with Gasteiger partial charge in [0.25, 0.3) is 0 Å². The number of hydrogen-bond donors (Lipinski definition) is 0. The van der Waals surface area contributed by atoms with Crippen molar-refractivity contribution in [2.75, 3.05) is 0 Å². The Hall–Kier alpha value is -0.850. The Kier molecular flexibility index (Phi) is 3.86. The molecule has 1 nitrogen and oxygen atoms in total. The van der Waals surface area contributed by atoms with E-state index < -0.39 is 0 Å². The lowest BCUT2D eigenvalue weighted by atomic mass is 9.46. The van der Waals surface area contributed by atoms with Gasteiger partial charge in [0.2, 0.25) is 0 Å². The molecule has 0 amide bonds. The van der Waals surface area contributed by atoms with E-state index in [1.54, 1.807) is 0 Å². The zero-order valence-electron chi connectivity index (χ0n) is 15.8. The monoisotopic (exact) mass is 326 g/mol. The van der Waals surface area contributed by atoms with E-state index in [1.165, 1.54) is 44.1 Å². The summed E-state index contributed by atoms with van der Waals surface area (Å²) in [5, 5.41) is 0. The van der Waals surface area contributed by atoms with Gasteiger partial charge in [-0.25, -0.2) is 0 Å². The van der Waals surface area contributed by atoms with Crippen molar-refractivity contribution < 1.29 is 4.79 Å². The first-order valence-electron chi connectivity index (χ1n) is 10.3. The lowest BCUT2D eigenvalue weighted by Crippen LogP contribution is -2.50. The van der Waals surface area contributed by atoms with E-state index in [0.717, 1.165) is 36.5 Å². The normalized spacial score (nSPS) is 48.8. The van der Waals surface area contributed by atoms with Crippen molar-refractivity contribution >= 4 is 5.78 Å². The van der Waals surface area contributed by atoms with Crippen molar-refractivity contribution in [3.05, 3.63) is 24.3 Å². The Bertz CT molecular complexity index is 587. The summed E-state index contributed by atoms with van der Waals surface area (Å²) in [6.07, 6.45) is 14.2. The highest BCUT2D eigenvalue weighted by Crippen LogP contribution is 2.67. The summed E-state index contributed by atoms with van der Waals surface area (Å²) in [7, 11) is 0. The molecule has 0 bridgehead atoms. The summed E-state index contributed by atoms with van der Waals surface area (Å²) in [5.74, 6) is 4.47. The first-order valence-corrected chi connectivity index (χ1v) is 10.3. The minimum atomic E-state index is 0.320. The number of fused-ring (bicyclic) bond motifs is 5. The molecule has 0 aromatic rings. The van der Waals surface area contributed by atoms with Crippen LogP contribution in [0.1, 0.15) is 72.1 Å². The molecular formula is C23H34O. The highest BCUT2D eigenvalue weighted by molar-refractivity contribution is 5.91. The molecule has 4 aliphatic carbocycles. The topological polar surface area (TPSA) is 17.1 Å². The summed E-state index contributed by atoms with van der Waals surface area (Å²) in [4.78, 5) is 11.9. The van der Waals surface area contributed by atoms with E-state index in [4.69, 9.17) is 0 Å². The molecule has 0 aliphatic heterocycles. The smallest absolute Gasteiger partial charge is 0.155 e. The van der Waals surface area contributed by atoms with E-state index in [2.05, 4.69) is 33.4 Å². The van der Waals surface area contributed by atoms with Gasteiger partial charge in [0, 0.05) is 6.42 Å². The van der Waals surface area contributed by atoms with Gasteiger partial charge in [0.15, 0.2) is 5.78 Å². The minimum absolute atomic E-state index is 0.320. The van der Waals surface area contributed by atoms with Crippen molar-refractivity contribution in [2.24, 2.45) is 40.4 Å². The number of carbonyl (C=O) groups excluding carboxylic acids is 1. The zero-order chi connectivity index (χ0) is 17.1. The van der Waals surface area contributed by atoms with E-state index in [-0.39, 0.29) is 0 Å². The van der Waals surface area contributed by atoms with Crippen LogP contribution in [-0.4, -0.2) is 5.78 Å². The lowest BCUT2D eigenvalue weighted by Gasteiger charge is -2.58. The molecule has 0 radical (unpaired) electrons. The van der Waals surface area contributed by atoms with E-state index in [9.17, 15) is 4.79 Å². The van der Waals surface area contributed by atoms with Gasteiger partial charge < -0.3 is 0 Å². The van der Waals surface area contributed by atoms with Crippen LogP contribution >= 0.6 is 0 Å². The second-order valence-electron chi connectivity index (χ2n) is 9.79. The molecule has 0 aromatic heterocycles. The fourth-order valence-electron chi connectivity index (χ4n) is 7.63. The summed E-state index contributed by atoms with van der Waals surface area (Å²) in [5.41, 5.74) is 2.34. The Morgan fingerprint density at radius 1 is 1.12 bits per heavy atom. The highest BCUT2D eigenvalue weighted by Gasteiger charge is 2.59. The van der Waals surface area contributed by atoms with Gasteiger partial charge in [-0.05, 0) is 91.4 Å². The quantitative estimate of drug-likeness (QED) is 0.572. The first-order chi connectivity index (χ1) is 11.4. The first kappa shape index (κ1) is 16.6. The van der Waals surface area contributed by atoms with Crippen LogP contribution in [0.15, 0.2) is 24.3 Å². The molecule has 0 aromatic carbocycles. The number of ketones is 1. The maximum absolute atomic E-state index is 11.9. The number of hydrogen-bond acceptors (Lipinski definition) is 1. The number of rotatable bonds is 2. The van der Waals surface area contributed by atoms with E-state index in [0.29, 0.717) is 22.5 Å². The third-order valence-electron chi connectivity index (χ3n) is 9.04. The Morgan fingerprint density at radius 2 is 1.92 bits per heavy atom. The van der Waals surface area contributed by atoms with Crippen molar-refractivity contribution in [3.8, 4) is 0 Å². The molecule has 0 spiro atoms. The maximum Gasteiger partial charge on any atom is 0.155 e. The molecule has 0 N–H and O–H groups in total. The Morgan fingerprint density at radius 3 is 2.67 bits per heavy atom. The van der Waals surface area contributed by atoms with Gasteiger partial charge in [0.05, 0.1) is 0 Å². The van der Waals surface area contributed by atoms with Crippen molar-refractivity contribution in [3.63, 3.8) is 0 Å². The molecule has 7 unspecified atom stereocenters. The predicted molar refractivity (Wildman–Crippen MR) is 99.6 cm³/mol. The van der Waals surface area contributed by atoms with Gasteiger partial charge in [-0.2, -0.15) is 0 Å². The van der Waals surface area contributed by atoms with E-state index >= 15 is 0 Å². The molecule has 4 rings (SSSR count). The lowest BCUT2D eigenvalue weighted by molar-refractivity contribution is -0.117. The fourth-order valence-corrected chi connectivity index (χ4v) is 7.63. The van der Waals surface area contributed by atoms with Crippen LogP contribution in [0.25, 0.3) is 0 Å². The van der Waals surface area contributed by atoms with Gasteiger partial charge in [0.1, 0.15) is 0 Å². The van der Waals surface area contributed by atoms with Crippen molar-refractivity contribution in [1.82, 2.24) is 0 Å². The SMILES string of the molecule is C=CC(C)C1CCC2C3CCC4=CC(=O)CCC4(C)C3CCC12C. The average molecular weight is 327 g/mol. The molecule has 7 atom stereocenters. The fraction of sp³-hybridized carbons (Fsp3) is 0.783. The van der Waals surface area contributed by atoms with Crippen LogP contribution in [0.4, 0.5) is 0 Å². The van der Waals surface area contributed by atoms with Crippen LogP contribution in [-0.2, 0) is 4.79 Å². The van der Waals surface area contributed by atoms with Crippen molar-refractivity contribution in [2.45, 2.75) is 72.1 Å². The Labute approximate surface area is 148 Å². The van der Waals surface area contributed by atoms with Gasteiger partial charge >= 0.3 is 0 Å². The summed E-state index contributed by atoms with van der Waals surface area (Å²) < 4.78 is 0. The second-order valence-corrected chi connectivity index (χ2v) is 9.79. The third-order valence-corrected chi connectivity index (χ3v) is 9.04. The van der Waals surface area contributed by atoms with Crippen LogP contribution in [0.3, 0.4) is 0 Å². The summed E-state index contributed by atoms with van der Waals surface area (Å²) >= 11 is 0. The molecule has 0 heterocycles. The summed E-state index contributed by atoms with van der Waals surface area (Å²) in [6.45, 7) is 11.6. The average Bonchev–Trinajstić information content (AvgIpc) is 2.92. The van der Waals surface area contributed by atoms with Crippen LogP contribution in [0.2, 0.25) is 0 Å². The standard InChI is InChI=1S/C23H34O/c1-5-15(2)19-8-9-20-18-7-6-16-14-17(24)10-12-22(16,3)21(18)11-13-23(19,20)4/h5,14-15,18-21H,1,6-13H2,2-4H3. The molecule has 3 fully saturated rings. The predicted octanol–water partition coefficient (Wildman–Crippen LogP) is 5.96. The molecule has 0 saturated heterocycles. The highest BCUT2D eigenvalue weighted by atomic mass is 16.1. The summed E-state index contributed by atoms with van der Waals surface area (Å²) in [6, 6.07) is 0. The Balaban J connectivity index is 1.65. The van der Waals surface area contributed by atoms with Gasteiger partial charge in [-0.15, -0.1) is 6.58 Å². The molecule has 4 aliphatic rings. The molecular weight excluding hydrogens is 292 g/mol. The van der Waals surface area contributed by atoms with Crippen LogP contribution < -0.4 is 0 Å². The molecule has 24 heavy (non-hydrogen) atoms. The largest absolute Gasteiger partial charge is 0.295 e. The third kappa shape index (κ3) is 2.15. The van der Waals surface area contributed by atoms with Gasteiger partial charge in [-0.3, -0.25) is 4.79 Å². The van der Waals surface area contributed by atoms with Crippen LogP contribution in [0.5, 0.6) is 0 Å². The minimum Gasteiger partial charge on any atom is -0.295 e. The molecule has 132 valence electrons. The molecule has 3 saturated carbocycles. The van der Waals surface area contributed by atoms with E-state index in [1.807, 2.05) is 6.08 Å². The number of allylic oxidation sites excluding steroid dienone is 2. The van der Waals surface area contributed by atoms with Gasteiger partial charge in [-0.1, -0.05) is 32.4 Å². The van der Waals surface area contributed by atoms with Crippen LogP contribution in [0, 0.1) is 40.4 Å².